The Morgan fingerprint density at radius 1 is 1.33 bits per heavy atom. The summed E-state index contributed by atoms with van der Waals surface area (Å²) in [5, 5.41) is 11.3. The van der Waals surface area contributed by atoms with Gasteiger partial charge in [-0.25, -0.2) is 0 Å². The Morgan fingerprint density at radius 3 is 2.83 bits per heavy atom. The molecule has 2 heterocycles. The van der Waals surface area contributed by atoms with E-state index in [0.29, 0.717) is 18.4 Å². The molecule has 1 saturated heterocycles. The van der Waals surface area contributed by atoms with E-state index in [2.05, 4.69) is 0 Å². The van der Waals surface area contributed by atoms with Crippen molar-refractivity contribution in [3.8, 4) is 0 Å². The molecule has 2 aliphatic carbocycles. The summed E-state index contributed by atoms with van der Waals surface area (Å²) in [5.41, 5.74) is -0.407. The van der Waals surface area contributed by atoms with Crippen molar-refractivity contribution in [3.05, 3.63) is 35.8 Å². The molecule has 24 heavy (non-hydrogen) atoms. The maximum Gasteiger partial charge on any atom is 0.313 e. The summed E-state index contributed by atoms with van der Waals surface area (Å²) in [6.07, 6.45) is 6.32. The van der Waals surface area contributed by atoms with E-state index in [1.54, 1.807) is 25.5 Å². The highest BCUT2D eigenvalue weighted by molar-refractivity contribution is 5.93. The summed E-state index contributed by atoms with van der Waals surface area (Å²) in [7, 11) is 0. The Hall–Kier alpha value is -1.88. The van der Waals surface area contributed by atoms with Crippen LogP contribution in [0.15, 0.2) is 34.7 Å². The fourth-order valence-corrected chi connectivity index (χ4v) is 5.09. The van der Waals surface area contributed by atoms with Crippen LogP contribution in [0.25, 0.3) is 0 Å². The van der Waals surface area contributed by atoms with Crippen molar-refractivity contribution in [2.75, 3.05) is 0 Å². The second-order valence-corrected chi connectivity index (χ2v) is 7.61. The van der Waals surface area contributed by atoms with Gasteiger partial charge in [-0.05, 0) is 43.4 Å². The highest BCUT2D eigenvalue weighted by atomic mass is 16.6. The summed E-state index contributed by atoms with van der Waals surface area (Å²) < 4.78 is 10.8. The third-order valence-electron chi connectivity index (χ3n) is 6.57. The number of carbonyl (C=O) groups is 2. The Bertz CT molecular complexity index is 718. The lowest BCUT2D eigenvalue weighted by Crippen LogP contribution is -2.59. The highest BCUT2D eigenvalue weighted by Crippen LogP contribution is 2.62. The molecule has 5 heteroatoms. The van der Waals surface area contributed by atoms with Gasteiger partial charge in [0.25, 0.3) is 0 Å². The van der Waals surface area contributed by atoms with Crippen molar-refractivity contribution in [2.24, 2.45) is 17.3 Å². The minimum Gasteiger partial charge on any atom is -0.472 e. The first-order chi connectivity index (χ1) is 11.4. The molecule has 0 radical (unpaired) electrons. The zero-order chi connectivity index (χ0) is 17.1. The van der Waals surface area contributed by atoms with Crippen molar-refractivity contribution < 1.29 is 23.8 Å². The van der Waals surface area contributed by atoms with Crippen LogP contribution in [-0.2, 0) is 14.3 Å². The van der Waals surface area contributed by atoms with Crippen LogP contribution in [0, 0.1) is 17.3 Å². The van der Waals surface area contributed by atoms with Crippen LogP contribution < -0.4 is 0 Å². The number of rotatable bonds is 1. The number of carbonyl (C=O) groups excluding carboxylic acids is 2. The average molecular weight is 330 g/mol. The highest BCUT2D eigenvalue weighted by Gasteiger charge is 2.66. The van der Waals surface area contributed by atoms with Crippen LogP contribution in [0.5, 0.6) is 0 Å². The monoisotopic (exact) mass is 330 g/mol. The van der Waals surface area contributed by atoms with Gasteiger partial charge in [0.05, 0.1) is 23.5 Å². The first kappa shape index (κ1) is 15.6. The Labute approximate surface area is 140 Å². The molecule has 4 rings (SSSR count). The van der Waals surface area contributed by atoms with Gasteiger partial charge in [-0.3, -0.25) is 9.59 Å². The van der Waals surface area contributed by atoms with E-state index in [4.69, 9.17) is 9.15 Å². The van der Waals surface area contributed by atoms with Crippen molar-refractivity contribution in [1.29, 1.82) is 0 Å². The van der Waals surface area contributed by atoms with Crippen molar-refractivity contribution >= 4 is 11.8 Å². The van der Waals surface area contributed by atoms with Gasteiger partial charge in [-0.1, -0.05) is 6.92 Å². The van der Waals surface area contributed by atoms with Gasteiger partial charge in [0, 0.05) is 24.3 Å². The van der Waals surface area contributed by atoms with Crippen LogP contribution in [0.3, 0.4) is 0 Å². The molecular formula is C19H22O5. The molecule has 1 aliphatic heterocycles. The third-order valence-corrected chi connectivity index (χ3v) is 6.57. The lowest BCUT2D eigenvalue weighted by Gasteiger charge is -2.53. The lowest BCUT2D eigenvalue weighted by molar-refractivity contribution is -0.170. The number of hydrogen-bond donors (Lipinski definition) is 1. The molecule has 1 spiro atoms. The van der Waals surface area contributed by atoms with Gasteiger partial charge >= 0.3 is 5.97 Å². The molecule has 2 fully saturated rings. The zero-order valence-corrected chi connectivity index (χ0v) is 14.0. The number of ketones is 1. The second-order valence-electron chi connectivity index (χ2n) is 7.61. The molecule has 128 valence electrons. The first-order valence-corrected chi connectivity index (χ1v) is 8.55. The molecule has 1 aromatic rings. The van der Waals surface area contributed by atoms with Gasteiger partial charge in [0.1, 0.15) is 6.10 Å². The summed E-state index contributed by atoms with van der Waals surface area (Å²) in [6.45, 7) is 3.83. The maximum atomic E-state index is 13.0. The molecule has 0 amide bonds. The Morgan fingerprint density at radius 2 is 2.12 bits per heavy atom. The maximum absolute atomic E-state index is 13.0. The smallest absolute Gasteiger partial charge is 0.313 e. The molecule has 5 nitrogen and oxygen atoms in total. The van der Waals surface area contributed by atoms with Crippen LogP contribution >= 0.6 is 0 Å². The van der Waals surface area contributed by atoms with Crippen molar-refractivity contribution in [1.82, 2.24) is 0 Å². The van der Waals surface area contributed by atoms with Gasteiger partial charge in [0.15, 0.2) is 5.78 Å². The number of aliphatic hydroxyl groups is 1. The summed E-state index contributed by atoms with van der Waals surface area (Å²) in [6, 6.07) is 1.80. The number of cyclic esters (lactones) is 1. The predicted octanol–water partition coefficient (Wildman–Crippen LogP) is 2.95. The van der Waals surface area contributed by atoms with E-state index >= 15 is 0 Å². The Balaban J connectivity index is 1.79. The molecule has 1 saturated carbocycles. The molecule has 5 atom stereocenters. The second kappa shape index (κ2) is 5.06. The van der Waals surface area contributed by atoms with E-state index in [1.807, 2.05) is 6.92 Å². The molecule has 3 aliphatic rings. The van der Waals surface area contributed by atoms with E-state index in [9.17, 15) is 14.7 Å². The van der Waals surface area contributed by atoms with Gasteiger partial charge in [-0.2, -0.15) is 0 Å². The molecule has 0 unspecified atom stereocenters. The van der Waals surface area contributed by atoms with Gasteiger partial charge < -0.3 is 14.3 Å². The van der Waals surface area contributed by atoms with Gasteiger partial charge in [-0.15, -0.1) is 0 Å². The van der Waals surface area contributed by atoms with Crippen molar-refractivity contribution in [3.63, 3.8) is 0 Å². The van der Waals surface area contributed by atoms with E-state index in [-0.39, 0.29) is 30.2 Å². The first-order valence-electron chi connectivity index (χ1n) is 8.55. The fraction of sp³-hybridized carbons (Fsp3) is 0.579. The number of esters is 1. The zero-order valence-electron chi connectivity index (χ0n) is 14.0. The SMILES string of the molecule is CC1=CC(=O)C[C@@H]2[C@]3(C[C@H](c4ccoc4)OC3=O)[C@H](C)CC[C@]12O. The van der Waals surface area contributed by atoms with Crippen LogP contribution in [-0.4, -0.2) is 22.5 Å². The largest absolute Gasteiger partial charge is 0.472 e. The lowest BCUT2D eigenvalue weighted by atomic mass is 9.50. The molecule has 1 aromatic heterocycles. The summed E-state index contributed by atoms with van der Waals surface area (Å²) >= 11 is 0. The normalized spacial score (nSPS) is 42.0. The predicted molar refractivity (Wildman–Crippen MR) is 84.8 cm³/mol. The minimum atomic E-state index is -1.09. The number of furan rings is 1. The third kappa shape index (κ3) is 1.91. The standard InChI is InChI=1S/C19H22O5/c1-11-3-5-19(22)12(2)7-14(20)8-16(19)18(11)9-15(24-17(18)21)13-4-6-23-10-13/h4,6-7,10-11,15-16,22H,3,5,8-9H2,1-2H3/t11-,15-,16-,18+,19+/m1/s1. The molecular weight excluding hydrogens is 308 g/mol. The molecule has 0 bridgehead atoms. The Kier molecular flexibility index (Phi) is 3.29. The molecule has 0 aromatic carbocycles. The average Bonchev–Trinajstić information content (AvgIpc) is 3.16. The van der Waals surface area contributed by atoms with Crippen molar-refractivity contribution in [2.45, 2.75) is 51.2 Å². The van der Waals surface area contributed by atoms with E-state index < -0.39 is 16.9 Å². The summed E-state index contributed by atoms with van der Waals surface area (Å²) in [5.74, 6) is -0.663. The van der Waals surface area contributed by atoms with Crippen LogP contribution in [0.2, 0.25) is 0 Å². The number of ether oxygens (including phenoxy) is 1. The molecule has 1 N–H and O–H groups in total. The van der Waals surface area contributed by atoms with Crippen LogP contribution in [0.4, 0.5) is 0 Å². The quantitative estimate of drug-likeness (QED) is 0.801. The number of fused-ring (bicyclic) bond motifs is 2. The van der Waals surface area contributed by atoms with E-state index in [0.717, 1.165) is 12.0 Å². The summed E-state index contributed by atoms with van der Waals surface area (Å²) in [4.78, 5) is 25.2. The number of allylic oxidation sites excluding steroid dienone is 1. The van der Waals surface area contributed by atoms with Crippen LogP contribution in [0.1, 0.15) is 51.2 Å². The van der Waals surface area contributed by atoms with Gasteiger partial charge in [0.2, 0.25) is 0 Å². The fourth-order valence-electron chi connectivity index (χ4n) is 5.09. The number of hydrogen-bond acceptors (Lipinski definition) is 5. The van der Waals surface area contributed by atoms with E-state index in [1.165, 1.54) is 6.08 Å². The minimum absolute atomic E-state index is 0.0183. The topological polar surface area (TPSA) is 76.7 Å².